The van der Waals surface area contributed by atoms with E-state index >= 15 is 0 Å². The van der Waals surface area contributed by atoms with Crippen molar-refractivity contribution in [2.24, 2.45) is 0 Å². The molecule has 0 atom stereocenters. The van der Waals surface area contributed by atoms with Crippen LogP contribution in [0.4, 0.5) is 5.69 Å². The van der Waals surface area contributed by atoms with E-state index < -0.39 is 0 Å². The Labute approximate surface area is 197 Å². The third-order valence-corrected chi connectivity index (χ3v) is 5.89. The Hall–Kier alpha value is -3.78. The molecule has 2 N–H and O–H groups in total. The first kappa shape index (κ1) is 22.4. The van der Waals surface area contributed by atoms with E-state index in [1.165, 1.54) is 16.4 Å². The zero-order chi connectivity index (χ0) is 23.0. The van der Waals surface area contributed by atoms with Crippen LogP contribution in [0.1, 0.15) is 12.5 Å². The van der Waals surface area contributed by atoms with Crippen molar-refractivity contribution in [1.82, 2.24) is 14.9 Å². The fourth-order valence-corrected chi connectivity index (χ4v) is 4.07. The standard InChI is InChI=1S/C25H25N5O2S/c1-2-32-22-15-13-20(14-16-22)24-27-28-25(30(24)26)33-18-23(31)29(21-11-7-4-8-12-21)17-19-9-5-3-6-10-19/h3-16H,2,17-18,26H2,1H3. The van der Waals surface area contributed by atoms with Crippen LogP contribution in [-0.2, 0) is 11.3 Å². The van der Waals surface area contributed by atoms with Gasteiger partial charge in [-0.3, -0.25) is 4.79 Å². The maximum atomic E-state index is 13.2. The Morgan fingerprint density at radius 3 is 2.30 bits per heavy atom. The summed E-state index contributed by atoms with van der Waals surface area (Å²) in [5, 5.41) is 8.87. The average Bonchev–Trinajstić information content (AvgIpc) is 3.23. The Morgan fingerprint density at radius 2 is 1.64 bits per heavy atom. The maximum absolute atomic E-state index is 13.2. The minimum atomic E-state index is -0.0410. The highest BCUT2D eigenvalue weighted by Crippen LogP contribution is 2.25. The zero-order valence-corrected chi connectivity index (χ0v) is 19.1. The predicted octanol–water partition coefficient (Wildman–Crippen LogP) is 4.38. The molecule has 0 unspecified atom stereocenters. The minimum absolute atomic E-state index is 0.0410. The first-order valence-electron chi connectivity index (χ1n) is 10.6. The van der Waals surface area contributed by atoms with Gasteiger partial charge in [-0.25, -0.2) is 4.68 Å². The van der Waals surface area contributed by atoms with Crippen molar-refractivity contribution in [3.63, 3.8) is 0 Å². The molecule has 1 heterocycles. The van der Waals surface area contributed by atoms with Gasteiger partial charge < -0.3 is 15.5 Å². The molecule has 0 aliphatic rings. The van der Waals surface area contributed by atoms with Gasteiger partial charge in [0, 0.05) is 11.3 Å². The van der Waals surface area contributed by atoms with E-state index in [2.05, 4.69) is 10.2 Å². The average molecular weight is 460 g/mol. The highest BCUT2D eigenvalue weighted by Gasteiger charge is 2.19. The van der Waals surface area contributed by atoms with Gasteiger partial charge >= 0.3 is 0 Å². The molecular weight excluding hydrogens is 434 g/mol. The number of thioether (sulfide) groups is 1. The molecule has 0 saturated carbocycles. The van der Waals surface area contributed by atoms with Crippen LogP contribution in [0.15, 0.2) is 90.1 Å². The van der Waals surface area contributed by atoms with Gasteiger partial charge in [0.15, 0.2) is 5.82 Å². The van der Waals surface area contributed by atoms with Gasteiger partial charge in [0.1, 0.15) is 5.75 Å². The van der Waals surface area contributed by atoms with Gasteiger partial charge in [0.05, 0.1) is 18.9 Å². The molecule has 8 heteroatoms. The maximum Gasteiger partial charge on any atom is 0.237 e. The number of benzene rings is 3. The summed E-state index contributed by atoms with van der Waals surface area (Å²) in [5.41, 5.74) is 2.72. The number of aromatic nitrogens is 3. The summed E-state index contributed by atoms with van der Waals surface area (Å²) in [6, 6.07) is 27.1. The Bertz CT molecular complexity index is 1180. The van der Waals surface area contributed by atoms with E-state index in [-0.39, 0.29) is 11.7 Å². The number of nitrogens with zero attached hydrogens (tertiary/aromatic N) is 4. The van der Waals surface area contributed by atoms with Crippen molar-refractivity contribution in [3.8, 4) is 17.1 Å². The number of hydrogen-bond donors (Lipinski definition) is 1. The van der Waals surface area contributed by atoms with Crippen LogP contribution in [0.2, 0.25) is 0 Å². The predicted molar refractivity (Wildman–Crippen MR) is 132 cm³/mol. The van der Waals surface area contributed by atoms with Gasteiger partial charge in [0.2, 0.25) is 11.1 Å². The molecule has 4 aromatic rings. The van der Waals surface area contributed by atoms with Crippen molar-refractivity contribution in [2.75, 3.05) is 23.1 Å². The summed E-state index contributed by atoms with van der Waals surface area (Å²) < 4.78 is 6.89. The number of amides is 1. The fourth-order valence-electron chi connectivity index (χ4n) is 3.34. The molecule has 0 saturated heterocycles. The molecule has 1 amide bonds. The van der Waals surface area contributed by atoms with E-state index in [4.69, 9.17) is 10.6 Å². The molecule has 7 nitrogen and oxygen atoms in total. The molecule has 0 aliphatic heterocycles. The summed E-state index contributed by atoms with van der Waals surface area (Å²) in [6.45, 7) is 3.02. The number of carbonyl (C=O) groups is 1. The molecule has 1 aromatic heterocycles. The van der Waals surface area contributed by atoms with E-state index in [1.807, 2.05) is 91.9 Å². The van der Waals surface area contributed by atoms with Gasteiger partial charge in [-0.15, -0.1) is 10.2 Å². The lowest BCUT2D eigenvalue weighted by Gasteiger charge is -2.23. The molecule has 0 spiro atoms. The highest BCUT2D eigenvalue weighted by molar-refractivity contribution is 7.99. The van der Waals surface area contributed by atoms with Gasteiger partial charge in [-0.1, -0.05) is 60.3 Å². The highest BCUT2D eigenvalue weighted by atomic mass is 32.2. The smallest absolute Gasteiger partial charge is 0.237 e. The van der Waals surface area contributed by atoms with Crippen molar-refractivity contribution >= 4 is 23.4 Å². The number of ether oxygens (including phenoxy) is 1. The minimum Gasteiger partial charge on any atom is -0.494 e. The fraction of sp³-hybridized carbons (Fsp3) is 0.160. The zero-order valence-electron chi connectivity index (χ0n) is 18.3. The number of carbonyl (C=O) groups excluding carboxylic acids is 1. The normalized spacial score (nSPS) is 10.7. The quantitative estimate of drug-likeness (QED) is 0.295. The second kappa shape index (κ2) is 10.7. The van der Waals surface area contributed by atoms with Crippen LogP contribution in [0.5, 0.6) is 5.75 Å². The van der Waals surface area contributed by atoms with E-state index in [0.717, 1.165) is 22.6 Å². The van der Waals surface area contributed by atoms with Gasteiger partial charge in [-0.05, 0) is 48.9 Å². The molecule has 0 bridgehead atoms. The molecule has 4 rings (SSSR count). The summed E-state index contributed by atoms with van der Waals surface area (Å²) in [4.78, 5) is 15.0. The third-order valence-electron chi connectivity index (χ3n) is 4.97. The monoisotopic (exact) mass is 459 g/mol. The van der Waals surface area contributed by atoms with Crippen molar-refractivity contribution in [2.45, 2.75) is 18.6 Å². The third kappa shape index (κ3) is 5.53. The second-order valence-electron chi connectivity index (χ2n) is 7.22. The second-order valence-corrected chi connectivity index (χ2v) is 8.17. The van der Waals surface area contributed by atoms with Crippen LogP contribution in [0, 0.1) is 0 Å². The lowest BCUT2D eigenvalue weighted by atomic mass is 10.2. The lowest BCUT2D eigenvalue weighted by Crippen LogP contribution is -2.32. The SMILES string of the molecule is CCOc1ccc(-c2nnc(SCC(=O)N(Cc3ccccc3)c3ccccc3)n2N)cc1. The Morgan fingerprint density at radius 1 is 0.970 bits per heavy atom. The van der Waals surface area contributed by atoms with Gasteiger partial charge in [0.25, 0.3) is 0 Å². The van der Waals surface area contributed by atoms with Crippen LogP contribution in [0.3, 0.4) is 0 Å². The first-order chi connectivity index (χ1) is 16.2. The number of nitrogen functional groups attached to an aromatic ring is 1. The number of anilines is 1. The summed E-state index contributed by atoms with van der Waals surface area (Å²) >= 11 is 1.26. The largest absolute Gasteiger partial charge is 0.494 e. The molecule has 0 radical (unpaired) electrons. The molecule has 168 valence electrons. The van der Waals surface area contributed by atoms with Gasteiger partial charge in [-0.2, -0.15) is 0 Å². The van der Waals surface area contributed by atoms with Crippen molar-refractivity contribution < 1.29 is 9.53 Å². The summed E-state index contributed by atoms with van der Waals surface area (Å²) in [5.74, 6) is 7.69. The number of para-hydroxylation sites is 1. The molecule has 0 aliphatic carbocycles. The van der Waals surface area contributed by atoms with Crippen molar-refractivity contribution in [1.29, 1.82) is 0 Å². The molecule has 3 aromatic carbocycles. The van der Waals surface area contributed by atoms with Crippen molar-refractivity contribution in [3.05, 3.63) is 90.5 Å². The van der Waals surface area contributed by atoms with E-state index in [0.29, 0.717) is 24.1 Å². The van der Waals surface area contributed by atoms with Crippen LogP contribution < -0.4 is 15.5 Å². The molecule has 33 heavy (non-hydrogen) atoms. The topological polar surface area (TPSA) is 86.3 Å². The lowest BCUT2D eigenvalue weighted by molar-refractivity contribution is -0.116. The number of nitrogens with two attached hydrogens (primary N) is 1. The number of rotatable bonds is 9. The molecular formula is C25H25N5O2S. The summed E-state index contributed by atoms with van der Waals surface area (Å²) in [7, 11) is 0. The first-order valence-corrected chi connectivity index (χ1v) is 11.6. The Kier molecular flexibility index (Phi) is 7.26. The van der Waals surface area contributed by atoms with Crippen LogP contribution >= 0.6 is 11.8 Å². The number of hydrogen-bond acceptors (Lipinski definition) is 6. The molecule has 0 fully saturated rings. The van der Waals surface area contributed by atoms with Crippen LogP contribution in [-0.4, -0.2) is 33.1 Å². The Balaban J connectivity index is 1.47. The van der Waals surface area contributed by atoms with Crippen LogP contribution in [0.25, 0.3) is 11.4 Å². The van der Waals surface area contributed by atoms with E-state index in [9.17, 15) is 4.79 Å². The summed E-state index contributed by atoms with van der Waals surface area (Å²) in [6.07, 6.45) is 0. The van der Waals surface area contributed by atoms with E-state index in [1.54, 1.807) is 4.90 Å².